The number of carbonyl (C=O) groups excluding carboxylic acids is 1. The number of nitrogens with zero attached hydrogens (tertiary/aromatic N) is 1. The van der Waals surface area contributed by atoms with Gasteiger partial charge >= 0.3 is 6.03 Å². The number of hydrogen-bond donors (Lipinski definition) is 2. The van der Waals surface area contributed by atoms with E-state index >= 15 is 0 Å². The molecule has 2 rings (SSSR count). The van der Waals surface area contributed by atoms with Gasteiger partial charge in [0.05, 0.1) is 6.21 Å². The van der Waals surface area contributed by atoms with Crippen LogP contribution in [0.15, 0.2) is 58.1 Å². The van der Waals surface area contributed by atoms with Gasteiger partial charge in [0.2, 0.25) is 0 Å². The number of rotatable bonds is 3. The van der Waals surface area contributed by atoms with Crippen molar-refractivity contribution >= 4 is 33.9 Å². The first-order valence-electron chi connectivity index (χ1n) is 6.06. The summed E-state index contributed by atoms with van der Waals surface area (Å²) in [4.78, 5) is 11.7. The second kappa shape index (κ2) is 6.86. The molecule has 5 heteroatoms. The summed E-state index contributed by atoms with van der Waals surface area (Å²) in [6, 6.07) is 14.8. The van der Waals surface area contributed by atoms with Gasteiger partial charge in [-0.2, -0.15) is 5.10 Å². The first kappa shape index (κ1) is 14.3. The number of halogens is 1. The molecular weight excluding hydrogens is 318 g/mol. The molecular formula is C15H14BrN3O. The van der Waals surface area contributed by atoms with Crippen LogP contribution in [0, 0.1) is 6.92 Å². The predicted octanol–water partition coefficient (Wildman–Crippen LogP) is 3.91. The van der Waals surface area contributed by atoms with E-state index in [1.54, 1.807) is 6.21 Å². The second-order valence-corrected chi connectivity index (χ2v) is 5.11. The summed E-state index contributed by atoms with van der Waals surface area (Å²) < 4.78 is 1.000. The van der Waals surface area contributed by atoms with Crippen LogP contribution >= 0.6 is 15.9 Å². The number of para-hydroxylation sites is 1. The van der Waals surface area contributed by atoms with Crippen molar-refractivity contribution < 1.29 is 4.79 Å². The summed E-state index contributed by atoms with van der Waals surface area (Å²) in [5.41, 5.74) is 5.10. The monoisotopic (exact) mass is 331 g/mol. The Kier molecular flexibility index (Phi) is 4.90. The molecule has 2 N–H and O–H groups in total. The highest BCUT2D eigenvalue weighted by Crippen LogP contribution is 2.12. The highest BCUT2D eigenvalue weighted by atomic mass is 79.9. The zero-order chi connectivity index (χ0) is 14.4. The number of benzene rings is 2. The van der Waals surface area contributed by atoms with Gasteiger partial charge in [-0.25, -0.2) is 10.2 Å². The van der Waals surface area contributed by atoms with Gasteiger partial charge in [0, 0.05) is 10.2 Å². The third kappa shape index (κ3) is 4.20. The summed E-state index contributed by atoms with van der Waals surface area (Å²) in [7, 11) is 0. The Hall–Kier alpha value is -2.14. The summed E-state index contributed by atoms with van der Waals surface area (Å²) in [5, 5.41) is 6.63. The Morgan fingerprint density at radius 3 is 2.55 bits per heavy atom. The number of hydrogen-bond acceptors (Lipinski definition) is 2. The number of urea groups is 1. The van der Waals surface area contributed by atoms with Crippen molar-refractivity contribution in [3.8, 4) is 0 Å². The van der Waals surface area contributed by atoms with Crippen LogP contribution in [0.4, 0.5) is 10.5 Å². The first-order chi connectivity index (χ1) is 9.65. The van der Waals surface area contributed by atoms with E-state index < -0.39 is 0 Å². The molecule has 0 saturated heterocycles. The van der Waals surface area contributed by atoms with Crippen molar-refractivity contribution in [2.75, 3.05) is 5.32 Å². The van der Waals surface area contributed by atoms with Crippen molar-refractivity contribution in [3.05, 3.63) is 64.1 Å². The van der Waals surface area contributed by atoms with E-state index in [1.807, 2.05) is 55.5 Å². The zero-order valence-electron chi connectivity index (χ0n) is 10.9. The fourth-order valence-electron chi connectivity index (χ4n) is 1.58. The fourth-order valence-corrected chi connectivity index (χ4v) is 1.84. The van der Waals surface area contributed by atoms with Crippen LogP contribution in [-0.2, 0) is 0 Å². The van der Waals surface area contributed by atoms with Crippen LogP contribution < -0.4 is 10.7 Å². The molecule has 0 heterocycles. The number of nitrogens with one attached hydrogen (secondary N) is 2. The third-order valence-corrected chi connectivity index (χ3v) is 3.17. The maximum atomic E-state index is 11.7. The number of amides is 2. The maximum Gasteiger partial charge on any atom is 0.339 e. The Labute approximate surface area is 126 Å². The lowest BCUT2D eigenvalue weighted by atomic mass is 10.2. The molecule has 0 unspecified atom stereocenters. The molecule has 0 spiro atoms. The fraction of sp³-hybridized carbons (Fsp3) is 0.0667. The maximum absolute atomic E-state index is 11.7. The molecule has 0 aliphatic rings. The van der Waals surface area contributed by atoms with E-state index in [9.17, 15) is 4.79 Å². The van der Waals surface area contributed by atoms with E-state index in [0.717, 1.165) is 21.3 Å². The molecule has 2 amide bonds. The minimum absolute atomic E-state index is 0.368. The minimum Gasteiger partial charge on any atom is -0.306 e. The highest BCUT2D eigenvalue weighted by Gasteiger charge is 2.01. The summed E-state index contributed by atoms with van der Waals surface area (Å²) in [5.74, 6) is 0. The van der Waals surface area contributed by atoms with Gasteiger partial charge in [-0.3, -0.25) is 0 Å². The van der Waals surface area contributed by atoms with E-state index in [2.05, 4.69) is 31.8 Å². The average Bonchev–Trinajstić information content (AvgIpc) is 2.44. The quantitative estimate of drug-likeness (QED) is 0.650. The van der Waals surface area contributed by atoms with Crippen LogP contribution in [0.25, 0.3) is 0 Å². The first-order valence-corrected chi connectivity index (χ1v) is 6.86. The zero-order valence-corrected chi connectivity index (χ0v) is 12.5. The second-order valence-electron chi connectivity index (χ2n) is 4.19. The summed E-state index contributed by atoms with van der Waals surface area (Å²) in [6.07, 6.45) is 1.59. The molecule has 0 atom stereocenters. The van der Waals surface area contributed by atoms with Gasteiger partial charge in [-0.1, -0.05) is 46.3 Å². The average molecular weight is 332 g/mol. The van der Waals surface area contributed by atoms with Gasteiger partial charge < -0.3 is 5.32 Å². The number of hydrazone groups is 1. The lowest BCUT2D eigenvalue weighted by Crippen LogP contribution is -2.24. The van der Waals surface area contributed by atoms with Crippen LogP contribution in [-0.4, -0.2) is 12.2 Å². The number of carbonyl (C=O) groups is 1. The molecule has 0 aliphatic carbocycles. The van der Waals surface area contributed by atoms with Crippen molar-refractivity contribution in [3.63, 3.8) is 0 Å². The lowest BCUT2D eigenvalue weighted by molar-refractivity contribution is 0.252. The summed E-state index contributed by atoms with van der Waals surface area (Å²) >= 11 is 3.36. The largest absolute Gasteiger partial charge is 0.339 e. The molecule has 0 saturated carbocycles. The molecule has 20 heavy (non-hydrogen) atoms. The molecule has 102 valence electrons. The Morgan fingerprint density at radius 1 is 1.15 bits per heavy atom. The molecule has 0 fully saturated rings. The van der Waals surface area contributed by atoms with E-state index in [4.69, 9.17) is 0 Å². The predicted molar refractivity (Wildman–Crippen MR) is 85.1 cm³/mol. The molecule has 0 bridgehead atoms. The molecule has 0 aromatic heterocycles. The highest BCUT2D eigenvalue weighted by molar-refractivity contribution is 9.10. The molecule has 4 nitrogen and oxygen atoms in total. The van der Waals surface area contributed by atoms with Crippen LogP contribution in [0.1, 0.15) is 11.1 Å². The standard InChI is InChI=1S/C15H14BrN3O/c1-11-4-2-3-5-14(11)18-15(20)19-17-10-12-6-8-13(16)9-7-12/h2-10H,1H3,(H2,18,19,20). The van der Waals surface area contributed by atoms with Crippen LogP contribution in [0.3, 0.4) is 0 Å². The van der Waals surface area contributed by atoms with E-state index in [-0.39, 0.29) is 6.03 Å². The topological polar surface area (TPSA) is 53.5 Å². The van der Waals surface area contributed by atoms with E-state index in [0.29, 0.717) is 0 Å². The molecule has 0 radical (unpaired) electrons. The normalized spacial score (nSPS) is 10.5. The Morgan fingerprint density at radius 2 is 1.85 bits per heavy atom. The van der Waals surface area contributed by atoms with Gasteiger partial charge in [0.1, 0.15) is 0 Å². The van der Waals surface area contributed by atoms with Crippen LogP contribution in [0.2, 0.25) is 0 Å². The molecule has 2 aromatic carbocycles. The Balaban J connectivity index is 1.89. The minimum atomic E-state index is -0.368. The van der Waals surface area contributed by atoms with Crippen molar-refractivity contribution in [2.45, 2.75) is 6.92 Å². The Bertz CT molecular complexity index is 623. The molecule has 2 aromatic rings. The van der Waals surface area contributed by atoms with Crippen molar-refractivity contribution in [1.82, 2.24) is 5.43 Å². The number of anilines is 1. The van der Waals surface area contributed by atoms with Crippen molar-refractivity contribution in [1.29, 1.82) is 0 Å². The van der Waals surface area contributed by atoms with E-state index in [1.165, 1.54) is 0 Å². The van der Waals surface area contributed by atoms with Gasteiger partial charge in [0.25, 0.3) is 0 Å². The van der Waals surface area contributed by atoms with Crippen LogP contribution in [0.5, 0.6) is 0 Å². The third-order valence-electron chi connectivity index (χ3n) is 2.64. The number of aryl methyl sites for hydroxylation is 1. The van der Waals surface area contributed by atoms with Crippen molar-refractivity contribution in [2.24, 2.45) is 5.10 Å². The lowest BCUT2D eigenvalue weighted by Gasteiger charge is -2.06. The van der Waals surface area contributed by atoms with Gasteiger partial charge in [-0.05, 0) is 36.2 Å². The van der Waals surface area contributed by atoms with Gasteiger partial charge in [-0.15, -0.1) is 0 Å². The molecule has 0 aliphatic heterocycles. The van der Waals surface area contributed by atoms with Gasteiger partial charge in [0.15, 0.2) is 0 Å². The SMILES string of the molecule is Cc1ccccc1NC(=O)NN=Cc1ccc(Br)cc1. The smallest absolute Gasteiger partial charge is 0.306 e. The summed E-state index contributed by atoms with van der Waals surface area (Å²) in [6.45, 7) is 1.93.